The molecule has 0 bridgehead atoms. The predicted molar refractivity (Wildman–Crippen MR) is 65.8 cm³/mol. The maximum atomic E-state index is 11.8. The minimum atomic E-state index is 0.0714. The summed E-state index contributed by atoms with van der Waals surface area (Å²) >= 11 is 0. The van der Waals surface area contributed by atoms with E-state index < -0.39 is 0 Å². The second-order valence-electron chi connectivity index (χ2n) is 4.88. The molecular weight excluding hydrogens is 214 g/mol. The third kappa shape index (κ3) is 1.89. The zero-order valence-corrected chi connectivity index (χ0v) is 9.94. The molecule has 2 N–H and O–H groups in total. The summed E-state index contributed by atoms with van der Waals surface area (Å²) in [6.07, 6.45) is 0. The first-order valence-electron chi connectivity index (χ1n) is 6.08. The van der Waals surface area contributed by atoms with Gasteiger partial charge in [0, 0.05) is 19.6 Å². The Labute approximate surface area is 101 Å². The highest BCUT2D eigenvalue weighted by Crippen LogP contribution is 2.23. The smallest absolute Gasteiger partial charge is 0.318 e. The second kappa shape index (κ2) is 4.04. The number of carbonyl (C=O) groups excluding carboxylic acids is 1. The van der Waals surface area contributed by atoms with E-state index in [1.807, 2.05) is 4.90 Å². The van der Waals surface area contributed by atoms with Crippen molar-refractivity contribution >= 4 is 6.03 Å². The molecule has 1 unspecified atom stereocenters. The van der Waals surface area contributed by atoms with Crippen molar-refractivity contribution < 1.29 is 4.79 Å². The van der Waals surface area contributed by atoms with Crippen molar-refractivity contribution in [1.82, 2.24) is 15.5 Å². The highest BCUT2D eigenvalue weighted by molar-refractivity contribution is 5.77. The van der Waals surface area contributed by atoms with Gasteiger partial charge in [-0.25, -0.2) is 4.79 Å². The highest BCUT2D eigenvalue weighted by Gasteiger charge is 2.36. The predicted octanol–water partition coefficient (Wildman–Crippen LogP) is 1.03. The van der Waals surface area contributed by atoms with E-state index in [0.717, 1.165) is 19.6 Å². The van der Waals surface area contributed by atoms with E-state index in [1.54, 1.807) is 0 Å². The number of nitrogens with zero attached hydrogens (tertiary/aromatic N) is 1. The Balaban J connectivity index is 1.73. The maximum absolute atomic E-state index is 11.8. The van der Waals surface area contributed by atoms with E-state index in [1.165, 1.54) is 11.1 Å². The molecular formula is C13H17N3O. The van der Waals surface area contributed by atoms with E-state index >= 15 is 0 Å². The van der Waals surface area contributed by atoms with Crippen LogP contribution in [-0.2, 0) is 0 Å². The fourth-order valence-corrected chi connectivity index (χ4v) is 2.35. The lowest BCUT2D eigenvalue weighted by Crippen LogP contribution is -2.57. The molecule has 1 aromatic rings. The highest BCUT2D eigenvalue weighted by atomic mass is 16.2. The summed E-state index contributed by atoms with van der Waals surface area (Å²) in [6.45, 7) is 4.71. The van der Waals surface area contributed by atoms with Gasteiger partial charge in [0.15, 0.2) is 0 Å². The lowest BCUT2D eigenvalue weighted by molar-refractivity contribution is 0.172. The van der Waals surface area contributed by atoms with Crippen LogP contribution in [0.2, 0.25) is 0 Å². The molecule has 0 aromatic heterocycles. The zero-order valence-electron chi connectivity index (χ0n) is 9.94. The van der Waals surface area contributed by atoms with Gasteiger partial charge in [-0.1, -0.05) is 29.8 Å². The van der Waals surface area contributed by atoms with Crippen molar-refractivity contribution in [2.24, 2.45) is 0 Å². The molecule has 3 rings (SSSR count). The fraction of sp³-hybridized carbons (Fsp3) is 0.462. The van der Waals surface area contributed by atoms with Gasteiger partial charge in [-0.2, -0.15) is 0 Å². The Kier molecular flexibility index (Phi) is 2.52. The number of carbonyl (C=O) groups is 1. The van der Waals surface area contributed by atoms with Crippen LogP contribution in [-0.4, -0.2) is 36.6 Å². The van der Waals surface area contributed by atoms with Gasteiger partial charge in [-0.3, -0.25) is 0 Å². The number of urea groups is 1. The van der Waals surface area contributed by atoms with Crippen molar-refractivity contribution in [3.63, 3.8) is 0 Å². The molecule has 2 saturated heterocycles. The average molecular weight is 231 g/mol. The summed E-state index contributed by atoms with van der Waals surface area (Å²) in [4.78, 5) is 13.8. The molecule has 1 aromatic carbocycles. The van der Waals surface area contributed by atoms with E-state index in [-0.39, 0.29) is 12.1 Å². The first-order valence-corrected chi connectivity index (χ1v) is 6.08. The first-order chi connectivity index (χ1) is 8.24. The zero-order chi connectivity index (χ0) is 11.8. The monoisotopic (exact) mass is 231 g/mol. The van der Waals surface area contributed by atoms with Crippen LogP contribution < -0.4 is 10.6 Å². The third-order valence-corrected chi connectivity index (χ3v) is 3.62. The Morgan fingerprint density at radius 1 is 1.24 bits per heavy atom. The number of hydrogen-bond donors (Lipinski definition) is 2. The van der Waals surface area contributed by atoms with Crippen LogP contribution in [0.15, 0.2) is 24.3 Å². The standard InChI is InChI=1S/C13H17N3O/c1-9-2-4-10(5-3-9)12-8-16(13(17)15-12)11-6-14-7-11/h2-5,11-12,14H,6-8H2,1H3,(H,15,17). The Bertz CT molecular complexity index is 425. The number of hydrogen-bond acceptors (Lipinski definition) is 2. The molecule has 4 nitrogen and oxygen atoms in total. The first kappa shape index (κ1) is 10.6. The molecule has 0 spiro atoms. The summed E-state index contributed by atoms with van der Waals surface area (Å²) in [7, 11) is 0. The number of amides is 2. The Hall–Kier alpha value is -1.55. The van der Waals surface area contributed by atoms with Crippen molar-refractivity contribution in [2.75, 3.05) is 19.6 Å². The van der Waals surface area contributed by atoms with Crippen LogP contribution in [0.3, 0.4) is 0 Å². The van der Waals surface area contributed by atoms with Crippen LogP contribution in [0.5, 0.6) is 0 Å². The second-order valence-corrected chi connectivity index (χ2v) is 4.88. The normalized spacial score (nSPS) is 24.6. The number of aryl methyl sites for hydroxylation is 1. The van der Waals surface area contributed by atoms with Gasteiger partial charge in [-0.05, 0) is 12.5 Å². The number of rotatable bonds is 2. The van der Waals surface area contributed by atoms with Crippen molar-refractivity contribution in [3.05, 3.63) is 35.4 Å². The van der Waals surface area contributed by atoms with Gasteiger partial charge < -0.3 is 15.5 Å². The van der Waals surface area contributed by atoms with Crippen LogP contribution in [0.25, 0.3) is 0 Å². The molecule has 2 fully saturated rings. The van der Waals surface area contributed by atoms with E-state index in [0.29, 0.717) is 6.04 Å². The van der Waals surface area contributed by atoms with Crippen molar-refractivity contribution in [3.8, 4) is 0 Å². The minimum absolute atomic E-state index is 0.0714. The van der Waals surface area contributed by atoms with Gasteiger partial charge >= 0.3 is 6.03 Å². The SMILES string of the molecule is Cc1ccc(C2CN(C3CNC3)C(=O)N2)cc1. The van der Waals surface area contributed by atoms with Gasteiger partial charge in [-0.15, -0.1) is 0 Å². The van der Waals surface area contributed by atoms with Gasteiger partial charge in [0.2, 0.25) is 0 Å². The van der Waals surface area contributed by atoms with Crippen LogP contribution >= 0.6 is 0 Å². The van der Waals surface area contributed by atoms with Crippen LogP contribution in [0, 0.1) is 6.92 Å². The third-order valence-electron chi connectivity index (χ3n) is 3.62. The molecule has 90 valence electrons. The fourth-order valence-electron chi connectivity index (χ4n) is 2.35. The molecule has 2 heterocycles. The van der Waals surface area contributed by atoms with Crippen LogP contribution in [0.4, 0.5) is 4.79 Å². The summed E-state index contributed by atoms with van der Waals surface area (Å²) in [5.74, 6) is 0. The average Bonchev–Trinajstić information content (AvgIpc) is 2.60. The summed E-state index contributed by atoms with van der Waals surface area (Å²) in [5.41, 5.74) is 2.44. The Morgan fingerprint density at radius 2 is 1.94 bits per heavy atom. The maximum Gasteiger partial charge on any atom is 0.318 e. The molecule has 0 radical (unpaired) electrons. The van der Waals surface area contributed by atoms with Gasteiger partial charge in [0.1, 0.15) is 0 Å². The topological polar surface area (TPSA) is 44.4 Å². The largest absolute Gasteiger partial charge is 0.329 e. The lowest BCUT2D eigenvalue weighted by Gasteiger charge is -2.34. The molecule has 0 saturated carbocycles. The van der Waals surface area contributed by atoms with Crippen molar-refractivity contribution in [1.29, 1.82) is 0 Å². The molecule has 1 atom stereocenters. The quantitative estimate of drug-likeness (QED) is 0.798. The van der Waals surface area contributed by atoms with Crippen LogP contribution in [0.1, 0.15) is 17.2 Å². The van der Waals surface area contributed by atoms with E-state index in [9.17, 15) is 4.79 Å². The lowest BCUT2D eigenvalue weighted by atomic mass is 10.1. The number of nitrogens with one attached hydrogen (secondary N) is 2. The van der Waals surface area contributed by atoms with E-state index in [2.05, 4.69) is 41.8 Å². The molecule has 2 amide bonds. The molecule has 4 heteroatoms. The summed E-state index contributed by atoms with van der Waals surface area (Å²) in [6, 6.07) is 8.98. The Morgan fingerprint density at radius 3 is 2.53 bits per heavy atom. The number of benzene rings is 1. The molecule has 2 aliphatic heterocycles. The molecule has 2 aliphatic rings. The van der Waals surface area contributed by atoms with Gasteiger partial charge in [0.25, 0.3) is 0 Å². The molecule has 0 aliphatic carbocycles. The molecule has 17 heavy (non-hydrogen) atoms. The minimum Gasteiger partial charge on any atom is -0.329 e. The summed E-state index contributed by atoms with van der Waals surface area (Å²) in [5, 5.41) is 6.25. The van der Waals surface area contributed by atoms with Crippen molar-refractivity contribution in [2.45, 2.75) is 19.0 Å². The summed E-state index contributed by atoms with van der Waals surface area (Å²) < 4.78 is 0. The van der Waals surface area contributed by atoms with Gasteiger partial charge in [0.05, 0.1) is 12.1 Å². The van der Waals surface area contributed by atoms with E-state index in [4.69, 9.17) is 0 Å².